The third-order valence-corrected chi connectivity index (χ3v) is 5.03. The van der Waals surface area contributed by atoms with Gasteiger partial charge in [-0.1, -0.05) is 44.2 Å². The highest BCUT2D eigenvalue weighted by atomic mass is 32.2. The van der Waals surface area contributed by atoms with Gasteiger partial charge in [0.2, 0.25) is 15.9 Å². The second-order valence-electron chi connectivity index (χ2n) is 5.69. The summed E-state index contributed by atoms with van der Waals surface area (Å²) in [6.07, 6.45) is 1.90. The van der Waals surface area contributed by atoms with Crippen LogP contribution in [0.2, 0.25) is 0 Å². The molecule has 0 heterocycles. The van der Waals surface area contributed by atoms with Gasteiger partial charge in [0.1, 0.15) is 0 Å². The number of amides is 1. The highest BCUT2D eigenvalue weighted by molar-refractivity contribution is 7.88. The third-order valence-electron chi connectivity index (χ3n) is 3.69. The highest BCUT2D eigenvalue weighted by Gasteiger charge is 2.24. The molecule has 1 aromatic carbocycles. The monoisotopic (exact) mass is 326 g/mol. The first-order valence-corrected chi connectivity index (χ1v) is 9.35. The maximum absolute atomic E-state index is 11.7. The van der Waals surface area contributed by atoms with Crippen molar-refractivity contribution < 1.29 is 13.2 Å². The van der Waals surface area contributed by atoms with Gasteiger partial charge >= 0.3 is 0 Å². The van der Waals surface area contributed by atoms with Crippen LogP contribution in [0.5, 0.6) is 0 Å². The summed E-state index contributed by atoms with van der Waals surface area (Å²) in [6.45, 7) is 6.10. The summed E-state index contributed by atoms with van der Waals surface area (Å²) in [5.74, 6) is -0.0889. The number of hydrogen-bond donors (Lipinski definition) is 1. The molecule has 1 aromatic rings. The second kappa shape index (κ2) is 8.29. The van der Waals surface area contributed by atoms with E-state index >= 15 is 0 Å². The molecule has 0 saturated heterocycles. The predicted octanol–water partition coefficient (Wildman–Crippen LogP) is 1.65. The van der Waals surface area contributed by atoms with Crippen molar-refractivity contribution in [1.29, 1.82) is 0 Å². The fourth-order valence-electron chi connectivity index (χ4n) is 2.47. The fraction of sp³-hybridized carbons (Fsp3) is 0.562. The molecule has 6 heteroatoms. The minimum Gasteiger partial charge on any atom is -0.353 e. The average molecular weight is 326 g/mol. The van der Waals surface area contributed by atoms with Gasteiger partial charge in [-0.25, -0.2) is 12.7 Å². The van der Waals surface area contributed by atoms with E-state index in [0.29, 0.717) is 19.5 Å². The number of carbonyl (C=O) groups is 1. The van der Waals surface area contributed by atoms with Gasteiger partial charge < -0.3 is 5.32 Å². The quantitative estimate of drug-likeness (QED) is 0.790. The van der Waals surface area contributed by atoms with Crippen LogP contribution in [0.25, 0.3) is 0 Å². The minimum atomic E-state index is -3.22. The summed E-state index contributed by atoms with van der Waals surface area (Å²) in [4.78, 5) is 11.5. The summed E-state index contributed by atoms with van der Waals surface area (Å²) in [5.41, 5.74) is 1.12. The van der Waals surface area contributed by atoms with E-state index in [4.69, 9.17) is 0 Å². The lowest BCUT2D eigenvalue weighted by Gasteiger charge is -2.29. The maximum atomic E-state index is 11.7. The van der Waals surface area contributed by atoms with Gasteiger partial charge in [0.25, 0.3) is 0 Å². The van der Waals surface area contributed by atoms with Crippen molar-refractivity contribution in [3.05, 3.63) is 35.9 Å². The topological polar surface area (TPSA) is 66.5 Å². The lowest BCUT2D eigenvalue weighted by molar-refractivity contribution is -0.120. The summed E-state index contributed by atoms with van der Waals surface area (Å²) in [6, 6.07) is 9.78. The van der Waals surface area contributed by atoms with Gasteiger partial charge in [0.05, 0.1) is 6.26 Å². The Morgan fingerprint density at radius 2 is 1.86 bits per heavy atom. The van der Waals surface area contributed by atoms with Gasteiger partial charge in [0.15, 0.2) is 0 Å². The summed E-state index contributed by atoms with van der Waals surface area (Å²) >= 11 is 0. The van der Waals surface area contributed by atoms with Crippen molar-refractivity contribution in [2.24, 2.45) is 5.92 Å². The van der Waals surface area contributed by atoms with Gasteiger partial charge in [-0.15, -0.1) is 0 Å². The van der Waals surface area contributed by atoms with Crippen LogP contribution in [-0.2, 0) is 21.2 Å². The first-order valence-electron chi connectivity index (χ1n) is 7.50. The Hall–Kier alpha value is -1.40. The lowest BCUT2D eigenvalue weighted by Crippen LogP contribution is -2.45. The van der Waals surface area contributed by atoms with Crippen molar-refractivity contribution >= 4 is 15.9 Å². The van der Waals surface area contributed by atoms with Gasteiger partial charge in [-0.2, -0.15) is 0 Å². The maximum Gasteiger partial charge on any atom is 0.217 e. The molecule has 0 saturated carbocycles. The van der Waals surface area contributed by atoms with Crippen LogP contribution >= 0.6 is 0 Å². The van der Waals surface area contributed by atoms with Crippen molar-refractivity contribution in [3.63, 3.8) is 0 Å². The van der Waals surface area contributed by atoms with Crippen LogP contribution in [-0.4, -0.2) is 44.0 Å². The molecule has 0 bridgehead atoms. The zero-order chi connectivity index (χ0) is 16.8. The highest BCUT2D eigenvalue weighted by Crippen LogP contribution is 2.14. The number of benzene rings is 1. The number of rotatable bonds is 8. The Morgan fingerprint density at radius 1 is 1.27 bits per heavy atom. The van der Waals surface area contributed by atoms with E-state index in [2.05, 4.69) is 5.32 Å². The van der Waals surface area contributed by atoms with E-state index in [1.165, 1.54) is 17.5 Å². The molecular weight excluding hydrogens is 300 g/mol. The molecule has 0 unspecified atom stereocenters. The van der Waals surface area contributed by atoms with E-state index in [-0.39, 0.29) is 17.9 Å². The SMILES string of the molecule is CCN(C[C@@H](C)[C@H](Cc1ccccc1)NC(C)=O)S(C)(=O)=O. The molecule has 22 heavy (non-hydrogen) atoms. The van der Waals surface area contributed by atoms with E-state index in [0.717, 1.165) is 5.56 Å². The number of nitrogens with one attached hydrogen (secondary N) is 1. The van der Waals surface area contributed by atoms with Crippen LogP contribution in [0.3, 0.4) is 0 Å². The van der Waals surface area contributed by atoms with Gasteiger partial charge in [-0.05, 0) is 17.9 Å². The molecule has 0 aromatic heterocycles. The Labute approximate surface area is 133 Å². The molecule has 124 valence electrons. The van der Waals surface area contributed by atoms with Crippen LogP contribution in [0, 0.1) is 5.92 Å². The summed E-state index contributed by atoms with van der Waals surface area (Å²) in [7, 11) is -3.22. The molecule has 1 rings (SSSR count). The second-order valence-corrected chi connectivity index (χ2v) is 7.67. The van der Waals surface area contributed by atoms with Crippen molar-refractivity contribution in [3.8, 4) is 0 Å². The molecule has 0 radical (unpaired) electrons. The van der Waals surface area contributed by atoms with Crippen molar-refractivity contribution in [2.45, 2.75) is 33.2 Å². The molecule has 1 amide bonds. The summed E-state index contributed by atoms with van der Waals surface area (Å²) < 4.78 is 24.9. The summed E-state index contributed by atoms with van der Waals surface area (Å²) in [5, 5.41) is 2.95. The fourth-order valence-corrected chi connectivity index (χ4v) is 3.45. The molecule has 0 aliphatic heterocycles. The first kappa shape index (κ1) is 18.6. The Kier molecular flexibility index (Phi) is 7.03. The molecule has 1 N–H and O–H groups in total. The number of sulfonamides is 1. The van der Waals surface area contributed by atoms with Crippen LogP contribution in [0.1, 0.15) is 26.3 Å². The van der Waals surface area contributed by atoms with Crippen molar-refractivity contribution in [2.75, 3.05) is 19.3 Å². The number of hydrogen-bond acceptors (Lipinski definition) is 3. The van der Waals surface area contributed by atoms with E-state index in [1.54, 1.807) is 0 Å². The molecule has 0 spiro atoms. The average Bonchev–Trinajstić information content (AvgIpc) is 2.43. The molecule has 2 atom stereocenters. The molecule has 0 aliphatic rings. The lowest BCUT2D eigenvalue weighted by atomic mass is 9.94. The third kappa shape index (κ3) is 6.15. The molecule has 0 fully saturated rings. The zero-order valence-corrected chi connectivity index (χ0v) is 14.6. The van der Waals surface area contributed by atoms with Gasteiger partial charge in [-0.3, -0.25) is 4.79 Å². The van der Waals surface area contributed by atoms with E-state index in [1.807, 2.05) is 44.2 Å². The Balaban J connectivity index is 2.84. The number of carbonyl (C=O) groups excluding carboxylic acids is 1. The smallest absolute Gasteiger partial charge is 0.217 e. The normalized spacial score (nSPS) is 14.6. The molecular formula is C16H26N2O3S. The van der Waals surface area contributed by atoms with Crippen LogP contribution < -0.4 is 5.32 Å². The van der Waals surface area contributed by atoms with E-state index in [9.17, 15) is 13.2 Å². The Bertz CT molecular complexity index is 572. The van der Waals surface area contributed by atoms with Crippen LogP contribution in [0.4, 0.5) is 0 Å². The first-order chi connectivity index (χ1) is 10.2. The Morgan fingerprint density at radius 3 is 2.32 bits per heavy atom. The number of nitrogens with zero attached hydrogens (tertiary/aromatic N) is 1. The van der Waals surface area contributed by atoms with Gasteiger partial charge in [0, 0.05) is 26.1 Å². The van der Waals surface area contributed by atoms with E-state index < -0.39 is 10.0 Å². The standard InChI is InChI=1S/C16H26N2O3S/c1-5-18(22(4,20)21)12-13(2)16(17-14(3)19)11-15-9-7-6-8-10-15/h6-10,13,16H,5,11-12H2,1-4H3,(H,17,19)/t13-,16+/m1/s1. The van der Waals surface area contributed by atoms with Crippen LogP contribution in [0.15, 0.2) is 30.3 Å². The minimum absolute atomic E-state index is 0.0128. The molecule has 5 nitrogen and oxygen atoms in total. The zero-order valence-electron chi connectivity index (χ0n) is 13.7. The van der Waals surface area contributed by atoms with Crippen molar-refractivity contribution in [1.82, 2.24) is 9.62 Å². The molecule has 0 aliphatic carbocycles. The largest absolute Gasteiger partial charge is 0.353 e. The predicted molar refractivity (Wildman–Crippen MR) is 89.0 cm³/mol.